The van der Waals surface area contributed by atoms with Crippen LogP contribution in [-0.4, -0.2) is 46.9 Å². The molecule has 0 bridgehead atoms. The molecule has 0 aliphatic carbocycles. The molecule has 0 radical (unpaired) electrons. The highest BCUT2D eigenvalue weighted by atomic mass is 16.5. The molecule has 4 rings (SSSR count). The van der Waals surface area contributed by atoms with Crippen molar-refractivity contribution in [3.63, 3.8) is 0 Å². The monoisotopic (exact) mass is 449 g/mol. The zero-order chi connectivity index (χ0) is 23.8. The van der Waals surface area contributed by atoms with Gasteiger partial charge in [-0.3, -0.25) is 19.3 Å². The van der Waals surface area contributed by atoms with Crippen LogP contribution in [0.1, 0.15) is 57.3 Å². The minimum absolute atomic E-state index is 0.0862. The smallest absolute Gasteiger partial charge is 0.271 e. The molecule has 0 aromatic heterocycles. The number of nitrogens with one attached hydrogen (secondary N) is 1. The summed E-state index contributed by atoms with van der Waals surface area (Å²) in [6.07, 6.45) is 3.01. The second-order valence-corrected chi connectivity index (χ2v) is 9.44. The lowest BCUT2D eigenvalue weighted by atomic mass is 9.97. The molecule has 2 unspecified atom stereocenters. The SMILES string of the molecule is CC1CCCC(C)N1C(=O)CN1C(=O)C(C)(C)Oc2ccc(C(=O)Nc3ccccc3)cc21. The van der Waals surface area contributed by atoms with Gasteiger partial charge in [0.05, 0.1) is 5.69 Å². The van der Waals surface area contributed by atoms with Crippen molar-refractivity contribution in [3.05, 3.63) is 54.1 Å². The van der Waals surface area contributed by atoms with E-state index in [0.717, 1.165) is 19.3 Å². The van der Waals surface area contributed by atoms with Crippen molar-refractivity contribution in [3.8, 4) is 5.75 Å². The Kier molecular flexibility index (Phi) is 6.15. The molecule has 174 valence electrons. The molecule has 33 heavy (non-hydrogen) atoms. The molecular formula is C26H31N3O4. The fourth-order valence-electron chi connectivity index (χ4n) is 4.72. The van der Waals surface area contributed by atoms with Crippen LogP contribution in [0, 0.1) is 0 Å². The van der Waals surface area contributed by atoms with Crippen LogP contribution in [0.25, 0.3) is 0 Å². The van der Waals surface area contributed by atoms with Crippen molar-refractivity contribution in [2.75, 3.05) is 16.8 Å². The number of fused-ring (bicyclic) bond motifs is 1. The highest BCUT2D eigenvalue weighted by molar-refractivity contribution is 6.09. The number of ether oxygens (including phenoxy) is 1. The molecule has 0 saturated carbocycles. The van der Waals surface area contributed by atoms with E-state index >= 15 is 0 Å². The van der Waals surface area contributed by atoms with E-state index in [1.807, 2.05) is 23.1 Å². The number of carbonyl (C=O) groups excluding carboxylic acids is 3. The second kappa shape index (κ2) is 8.89. The van der Waals surface area contributed by atoms with Crippen LogP contribution in [0.2, 0.25) is 0 Å². The van der Waals surface area contributed by atoms with Gasteiger partial charge in [0.25, 0.3) is 11.8 Å². The van der Waals surface area contributed by atoms with Crippen molar-refractivity contribution in [2.45, 2.75) is 64.6 Å². The van der Waals surface area contributed by atoms with Crippen LogP contribution in [0.4, 0.5) is 11.4 Å². The number of benzene rings is 2. The first kappa shape index (κ1) is 22.8. The van der Waals surface area contributed by atoms with E-state index in [2.05, 4.69) is 19.2 Å². The van der Waals surface area contributed by atoms with Gasteiger partial charge in [-0.25, -0.2) is 0 Å². The Balaban J connectivity index is 1.63. The lowest BCUT2D eigenvalue weighted by Gasteiger charge is -2.42. The molecule has 2 aromatic rings. The normalized spacial score (nSPS) is 21.8. The Morgan fingerprint density at radius 3 is 2.39 bits per heavy atom. The van der Waals surface area contributed by atoms with Gasteiger partial charge in [-0.1, -0.05) is 18.2 Å². The number of hydrogen-bond donors (Lipinski definition) is 1. The molecule has 1 N–H and O–H groups in total. The molecule has 2 aromatic carbocycles. The maximum absolute atomic E-state index is 13.3. The first-order chi connectivity index (χ1) is 15.7. The van der Waals surface area contributed by atoms with E-state index < -0.39 is 5.60 Å². The summed E-state index contributed by atoms with van der Waals surface area (Å²) in [4.78, 5) is 42.8. The van der Waals surface area contributed by atoms with Crippen LogP contribution in [0.3, 0.4) is 0 Å². The van der Waals surface area contributed by atoms with Gasteiger partial charge in [-0.05, 0) is 77.3 Å². The first-order valence-electron chi connectivity index (χ1n) is 11.5. The standard InChI is InChI=1S/C26H31N3O4/c1-17-9-8-10-18(2)29(17)23(30)16-28-21-15-19(24(31)27-20-11-6-5-7-12-20)13-14-22(21)33-26(3,4)25(28)32/h5-7,11-15,17-18H,8-10,16H2,1-4H3,(H,27,31). The van der Waals surface area contributed by atoms with Gasteiger partial charge in [0.15, 0.2) is 5.60 Å². The summed E-state index contributed by atoms with van der Waals surface area (Å²) >= 11 is 0. The fraction of sp³-hybridized carbons (Fsp3) is 0.423. The Hall–Kier alpha value is -3.35. The van der Waals surface area contributed by atoms with Crippen molar-refractivity contribution < 1.29 is 19.1 Å². The zero-order valence-corrected chi connectivity index (χ0v) is 19.6. The molecule has 2 aliphatic rings. The maximum atomic E-state index is 13.3. The summed E-state index contributed by atoms with van der Waals surface area (Å²) in [5, 5.41) is 2.85. The molecule has 7 nitrogen and oxygen atoms in total. The summed E-state index contributed by atoms with van der Waals surface area (Å²) in [5.74, 6) is -0.221. The predicted molar refractivity (Wildman–Crippen MR) is 128 cm³/mol. The zero-order valence-electron chi connectivity index (χ0n) is 19.6. The van der Waals surface area contributed by atoms with E-state index in [4.69, 9.17) is 4.74 Å². The van der Waals surface area contributed by atoms with Gasteiger partial charge in [-0.2, -0.15) is 0 Å². The second-order valence-electron chi connectivity index (χ2n) is 9.44. The fourth-order valence-corrected chi connectivity index (χ4v) is 4.72. The molecule has 1 saturated heterocycles. The van der Waals surface area contributed by atoms with Crippen LogP contribution in [-0.2, 0) is 9.59 Å². The predicted octanol–water partition coefficient (Wildman–Crippen LogP) is 4.23. The van der Waals surface area contributed by atoms with E-state index in [9.17, 15) is 14.4 Å². The summed E-state index contributed by atoms with van der Waals surface area (Å²) < 4.78 is 5.94. The van der Waals surface area contributed by atoms with E-state index in [1.54, 1.807) is 44.2 Å². The van der Waals surface area contributed by atoms with E-state index in [0.29, 0.717) is 22.7 Å². The van der Waals surface area contributed by atoms with Gasteiger partial charge in [-0.15, -0.1) is 0 Å². The molecule has 2 heterocycles. The third-order valence-corrected chi connectivity index (χ3v) is 6.44. The molecule has 2 atom stereocenters. The van der Waals surface area contributed by atoms with Crippen LogP contribution in [0.15, 0.2) is 48.5 Å². The summed E-state index contributed by atoms with van der Waals surface area (Å²) in [5.41, 5.74) is 0.380. The van der Waals surface area contributed by atoms with Gasteiger partial charge in [0.1, 0.15) is 12.3 Å². The Labute approximate surface area is 194 Å². The largest absolute Gasteiger partial charge is 0.476 e. The molecule has 7 heteroatoms. The topological polar surface area (TPSA) is 79.0 Å². The number of amides is 3. The van der Waals surface area contributed by atoms with Crippen molar-refractivity contribution in [1.82, 2.24) is 4.90 Å². The van der Waals surface area contributed by atoms with Gasteiger partial charge < -0.3 is 15.0 Å². The summed E-state index contributed by atoms with van der Waals surface area (Å²) in [6, 6.07) is 14.4. The van der Waals surface area contributed by atoms with Crippen LogP contribution in [0.5, 0.6) is 5.75 Å². The summed E-state index contributed by atoms with van der Waals surface area (Å²) in [6.45, 7) is 7.41. The highest BCUT2D eigenvalue weighted by Crippen LogP contribution is 2.39. The third kappa shape index (κ3) is 4.58. The number of anilines is 2. The Morgan fingerprint density at radius 1 is 1.06 bits per heavy atom. The number of carbonyl (C=O) groups is 3. The quantitative estimate of drug-likeness (QED) is 0.758. The number of nitrogens with zero attached hydrogens (tertiary/aromatic N) is 2. The molecule has 3 amide bonds. The number of likely N-dealkylation sites (tertiary alicyclic amines) is 1. The number of para-hydroxylation sites is 1. The Bertz CT molecular complexity index is 1060. The number of hydrogen-bond acceptors (Lipinski definition) is 4. The van der Waals surface area contributed by atoms with Gasteiger partial charge in [0.2, 0.25) is 5.91 Å². The maximum Gasteiger partial charge on any atom is 0.271 e. The average Bonchev–Trinajstić information content (AvgIpc) is 2.77. The molecule has 1 fully saturated rings. The average molecular weight is 450 g/mol. The molecule has 0 spiro atoms. The van der Waals surface area contributed by atoms with Crippen molar-refractivity contribution in [1.29, 1.82) is 0 Å². The van der Waals surface area contributed by atoms with Gasteiger partial charge >= 0.3 is 0 Å². The minimum atomic E-state index is -1.11. The van der Waals surface area contributed by atoms with Gasteiger partial charge in [0, 0.05) is 23.3 Å². The molecular weight excluding hydrogens is 418 g/mol. The van der Waals surface area contributed by atoms with Crippen molar-refractivity contribution >= 4 is 29.1 Å². The van der Waals surface area contributed by atoms with Crippen molar-refractivity contribution in [2.24, 2.45) is 0 Å². The van der Waals surface area contributed by atoms with E-state index in [1.165, 1.54) is 4.90 Å². The van der Waals surface area contributed by atoms with Crippen LogP contribution < -0.4 is 15.0 Å². The lowest BCUT2D eigenvalue weighted by Crippen LogP contribution is -2.57. The highest BCUT2D eigenvalue weighted by Gasteiger charge is 2.43. The van der Waals surface area contributed by atoms with E-state index in [-0.39, 0.29) is 36.3 Å². The Morgan fingerprint density at radius 2 is 1.73 bits per heavy atom. The first-order valence-corrected chi connectivity index (χ1v) is 11.5. The third-order valence-electron chi connectivity index (χ3n) is 6.44. The lowest BCUT2D eigenvalue weighted by molar-refractivity contribution is -0.139. The minimum Gasteiger partial charge on any atom is -0.476 e. The summed E-state index contributed by atoms with van der Waals surface area (Å²) in [7, 11) is 0. The number of piperidine rings is 1. The number of rotatable bonds is 4. The molecule has 2 aliphatic heterocycles. The van der Waals surface area contributed by atoms with Crippen LogP contribution >= 0.6 is 0 Å².